The molecular weight excluding hydrogens is 366 g/mol. The number of aromatic nitrogens is 1. The summed E-state index contributed by atoms with van der Waals surface area (Å²) in [6.07, 6.45) is 1.59. The van der Waals surface area contributed by atoms with Crippen LogP contribution < -0.4 is 16.1 Å². The number of thiocarbonyl (C=S) groups is 1. The first-order valence-corrected chi connectivity index (χ1v) is 8.74. The summed E-state index contributed by atoms with van der Waals surface area (Å²) in [7, 11) is 1.63. The lowest BCUT2D eigenvalue weighted by Gasteiger charge is -2.05. The second-order valence-corrected chi connectivity index (χ2v) is 6.58. The molecule has 2 aromatic rings. The summed E-state index contributed by atoms with van der Waals surface area (Å²) in [4.78, 5) is 5.01. The lowest BCUT2D eigenvalue weighted by Crippen LogP contribution is -2.34. The van der Waals surface area contributed by atoms with Crippen molar-refractivity contribution >= 4 is 57.3 Å². The molecule has 0 amide bonds. The van der Waals surface area contributed by atoms with E-state index in [1.54, 1.807) is 13.3 Å². The summed E-state index contributed by atoms with van der Waals surface area (Å²) in [6, 6.07) is 8.04. The largest absolute Gasteiger partial charge is 0.383 e. The zero-order valence-corrected chi connectivity index (χ0v) is 15.7. The van der Waals surface area contributed by atoms with Crippen LogP contribution in [0.3, 0.4) is 0 Å². The van der Waals surface area contributed by atoms with E-state index in [1.165, 1.54) is 16.9 Å². The number of ether oxygens (including phenoxy) is 1. The van der Waals surface area contributed by atoms with Crippen molar-refractivity contribution < 1.29 is 4.74 Å². The van der Waals surface area contributed by atoms with Gasteiger partial charge in [0.05, 0.1) is 17.7 Å². The Kier molecular flexibility index (Phi) is 7.38. The third-order valence-electron chi connectivity index (χ3n) is 2.85. The molecule has 0 spiro atoms. The Hall–Kier alpha value is -1.74. The minimum Gasteiger partial charge on any atom is -0.383 e. The molecule has 128 valence electrons. The molecule has 1 aromatic heterocycles. The molecular formula is C15H18ClN5OS2. The number of halogens is 1. The number of hydrazone groups is 1. The molecule has 2 rings (SSSR count). The van der Waals surface area contributed by atoms with Crippen LogP contribution in [-0.2, 0) is 4.74 Å². The first kappa shape index (κ1) is 18.6. The van der Waals surface area contributed by atoms with Gasteiger partial charge in [0, 0.05) is 19.3 Å². The highest BCUT2D eigenvalue weighted by Gasteiger charge is 2.07. The van der Waals surface area contributed by atoms with Gasteiger partial charge in [-0.25, -0.2) is 4.98 Å². The van der Waals surface area contributed by atoms with Crippen LogP contribution in [0.25, 0.3) is 0 Å². The van der Waals surface area contributed by atoms with Crippen LogP contribution in [0.5, 0.6) is 0 Å². The lowest BCUT2D eigenvalue weighted by atomic mass is 10.2. The van der Waals surface area contributed by atoms with E-state index in [9.17, 15) is 0 Å². The van der Waals surface area contributed by atoms with Gasteiger partial charge in [0.25, 0.3) is 0 Å². The lowest BCUT2D eigenvalue weighted by molar-refractivity contribution is 0.204. The van der Waals surface area contributed by atoms with Crippen molar-refractivity contribution in [2.75, 3.05) is 25.6 Å². The molecule has 24 heavy (non-hydrogen) atoms. The van der Waals surface area contributed by atoms with Gasteiger partial charge in [0.1, 0.15) is 0 Å². The molecule has 0 atom stereocenters. The van der Waals surface area contributed by atoms with E-state index in [-0.39, 0.29) is 0 Å². The average Bonchev–Trinajstić information content (AvgIpc) is 2.90. The van der Waals surface area contributed by atoms with Crippen LogP contribution in [0.4, 0.5) is 10.8 Å². The monoisotopic (exact) mass is 383 g/mol. The molecule has 0 radical (unpaired) electrons. The maximum atomic E-state index is 6.13. The smallest absolute Gasteiger partial charge is 0.189 e. The fourth-order valence-electron chi connectivity index (χ4n) is 1.66. The predicted octanol–water partition coefficient (Wildman–Crippen LogP) is 3.29. The highest BCUT2D eigenvalue weighted by Crippen LogP contribution is 2.27. The Morgan fingerprint density at radius 2 is 2.17 bits per heavy atom. The quantitative estimate of drug-likeness (QED) is 0.295. The highest BCUT2D eigenvalue weighted by molar-refractivity contribution is 7.80. The third kappa shape index (κ3) is 6.04. The molecule has 0 unspecified atom stereocenters. The van der Waals surface area contributed by atoms with Gasteiger partial charge in [-0.2, -0.15) is 5.10 Å². The number of nitrogens with zero attached hydrogens (tertiary/aromatic N) is 2. The molecule has 9 heteroatoms. The van der Waals surface area contributed by atoms with E-state index in [0.717, 1.165) is 10.6 Å². The van der Waals surface area contributed by atoms with Crippen molar-refractivity contribution in [3.63, 3.8) is 0 Å². The summed E-state index contributed by atoms with van der Waals surface area (Å²) in [5, 5.41) is 11.7. The van der Waals surface area contributed by atoms with E-state index < -0.39 is 0 Å². The molecule has 0 aliphatic rings. The number of rotatable bonds is 7. The van der Waals surface area contributed by atoms with Crippen molar-refractivity contribution in [3.05, 3.63) is 39.9 Å². The second kappa shape index (κ2) is 9.53. The van der Waals surface area contributed by atoms with Gasteiger partial charge in [-0.05, 0) is 31.3 Å². The van der Waals surface area contributed by atoms with E-state index >= 15 is 0 Å². The molecule has 1 aromatic carbocycles. The van der Waals surface area contributed by atoms with Crippen LogP contribution in [-0.4, -0.2) is 36.6 Å². The Morgan fingerprint density at radius 3 is 2.88 bits per heavy atom. The summed E-state index contributed by atoms with van der Waals surface area (Å²) in [5.41, 5.74) is 4.87. The maximum Gasteiger partial charge on any atom is 0.189 e. The van der Waals surface area contributed by atoms with E-state index in [4.69, 9.17) is 28.6 Å². The Morgan fingerprint density at radius 1 is 1.42 bits per heavy atom. The number of aryl methyl sites for hydroxylation is 1. The topological polar surface area (TPSA) is 70.6 Å². The molecule has 3 N–H and O–H groups in total. The summed E-state index contributed by atoms with van der Waals surface area (Å²) >= 11 is 12.6. The number of hydrogen-bond acceptors (Lipinski definition) is 6. The van der Waals surface area contributed by atoms with Crippen molar-refractivity contribution in [1.29, 1.82) is 0 Å². The van der Waals surface area contributed by atoms with Crippen LogP contribution in [0, 0.1) is 6.92 Å². The van der Waals surface area contributed by atoms with Gasteiger partial charge in [0.15, 0.2) is 15.4 Å². The van der Waals surface area contributed by atoms with Crippen molar-refractivity contribution in [1.82, 2.24) is 15.7 Å². The van der Waals surface area contributed by atoms with Gasteiger partial charge in [-0.1, -0.05) is 40.6 Å². The Balaban J connectivity index is 1.90. The second-order valence-electron chi connectivity index (χ2n) is 4.78. The zero-order chi connectivity index (χ0) is 17.4. The van der Waals surface area contributed by atoms with Crippen molar-refractivity contribution in [2.24, 2.45) is 5.10 Å². The van der Waals surface area contributed by atoms with Crippen molar-refractivity contribution in [2.45, 2.75) is 6.92 Å². The van der Waals surface area contributed by atoms with E-state index in [2.05, 4.69) is 26.1 Å². The normalized spacial score (nSPS) is 10.8. The van der Waals surface area contributed by atoms with Gasteiger partial charge in [-0.15, -0.1) is 0 Å². The van der Waals surface area contributed by atoms with Gasteiger partial charge in [0.2, 0.25) is 0 Å². The maximum absolute atomic E-state index is 6.13. The number of nitrogens with one attached hydrogen (secondary N) is 3. The molecule has 1 heterocycles. The minimum absolute atomic E-state index is 0.387. The standard InChI is InChI=1S/C15H18ClN5OS2/c1-10-3-5-11(6-4-10)19-15-20-13(16)12(24-15)9-18-21-14(23)17-7-8-22-2/h3-6,9H,7-8H2,1-2H3,(H,19,20)(H2,17,21,23)/b18-9+. The molecule has 0 bridgehead atoms. The summed E-state index contributed by atoms with van der Waals surface area (Å²) < 4.78 is 4.92. The number of methoxy groups -OCH3 is 1. The third-order valence-corrected chi connectivity index (χ3v) is 4.39. The first-order valence-electron chi connectivity index (χ1n) is 7.14. The van der Waals surface area contributed by atoms with E-state index in [1.807, 2.05) is 31.2 Å². The van der Waals surface area contributed by atoms with Crippen LogP contribution in [0.15, 0.2) is 29.4 Å². The number of hydrogen-bond donors (Lipinski definition) is 3. The molecule has 0 fully saturated rings. The number of anilines is 2. The Bertz CT molecular complexity index is 702. The molecule has 0 saturated heterocycles. The summed E-state index contributed by atoms with van der Waals surface area (Å²) in [5.74, 6) is 0. The first-order chi connectivity index (χ1) is 11.6. The molecule has 0 aliphatic carbocycles. The van der Waals surface area contributed by atoms with Gasteiger partial charge < -0.3 is 15.4 Å². The molecule has 6 nitrogen and oxygen atoms in total. The minimum atomic E-state index is 0.387. The molecule has 0 aliphatic heterocycles. The average molecular weight is 384 g/mol. The predicted molar refractivity (Wildman–Crippen MR) is 105 cm³/mol. The number of benzene rings is 1. The highest BCUT2D eigenvalue weighted by atomic mass is 35.5. The zero-order valence-electron chi connectivity index (χ0n) is 13.3. The van der Waals surface area contributed by atoms with Crippen molar-refractivity contribution in [3.8, 4) is 0 Å². The van der Waals surface area contributed by atoms with Gasteiger partial charge in [-0.3, -0.25) is 5.43 Å². The Labute approximate surface area is 155 Å². The van der Waals surface area contributed by atoms with Crippen LogP contribution in [0.1, 0.15) is 10.4 Å². The van der Waals surface area contributed by atoms with Crippen LogP contribution in [0.2, 0.25) is 5.15 Å². The SMILES string of the molecule is COCCNC(=S)N/N=C/c1sc(Nc2ccc(C)cc2)nc1Cl. The fraction of sp³-hybridized carbons (Fsp3) is 0.267. The van der Waals surface area contributed by atoms with Gasteiger partial charge >= 0.3 is 0 Å². The van der Waals surface area contributed by atoms with Crippen LogP contribution >= 0.6 is 35.2 Å². The summed E-state index contributed by atoms with van der Waals surface area (Å²) in [6.45, 7) is 3.23. The fourth-order valence-corrected chi connectivity index (χ4v) is 2.87. The molecule has 0 saturated carbocycles. The number of thiazole rings is 1. The van der Waals surface area contributed by atoms with E-state index in [0.29, 0.717) is 28.5 Å².